The number of hydrogen-bond donors (Lipinski definition) is 3. The number of rotatable bonds is 2. The van der Waals surface area contributed by atoms with Crippen molar-refractivity contribution in [2.75, 3.05) is 0 Å². The van der Waals surface area contributed by atoms with E-state index in [9.17, 15) is 0 Å². The Balaban J connectivity index is 0.00000128. The number of aromatic amines is 1. The quantitative estimate of drug-likeness (QED) is 0.545. The lowest BCUT2D eigenvalue weighted by molar-refractivity contribution is 1.31. The maximum atomic E-state index is 5.27. The highest BCUT2D eigenvalue weighted by Gasteiger charge is 1.97. The molecule has 1 heterocycles. The highest BCUT2D eigenvalue weighted by molar-refractivity contribution is 5.85. The zero-order valence-corrected chi connectivity index (χ0v) is 9.24. The molecule has 0 aliphatic carbocycles. The summed E-state index contributed by atoms with van der Waals surface area (Å²) in [6.45, 7) is 0. The molecule has 6 heteroatoms. The second kappa shape index (κ2) is 5.18. The molecule has 0 unspecified atom stereocenters. The van der Waals surface area contributed by atoms with Crippen molar-refractivity contribution in [3.05, 3.63) is 36.8 Å². The van der Waals surface area contributed by atoms with Crippen LogP contribution in [-0.2, 0) is 0 Å². The number of imidazole rings is 1. The molecule has 0 radical (unpaired) electrons. The van der Waals surface area contributed by atoms with Gasteiger partial charge in [0.1, 0.15) is 0 Å². The van der Waals surface area contributed by atoms with Crippen LogP contribution in [-0.4, -0.2) is 15.9 Å². The second-order valence-electron chi connectivity index (χ2n) is 3.05. The van der Waals surface area contributed by atoms with Gasteiger partial charge in [0.05, 0.1) is 23.9 Å². The SMILES string of the molecule is Cl.NC(N)=Nc1ccc(-c2cnc[nH]2)cc1. The molecule has 84 valence electrons. The Kier molecular flexibility index (Phi) is 3.90. The molecule has 0 aliphatic rings. The van der Waals surface area contributed by atoms with Gasteiger partial charge in [0, 0.05) is 0 Å². The normalized spacial score (nSPS) is 9.25. The van der Waals surface area contributed by atoms with Gasteiger partial charge in [-0.15, -0.1) is 12.4 Å². The van der Waals surface area contributed by atoms with Crippen molar-refractivity contribution in [2.24, 2.45) is 16.5 Å². The number of halogens is 1. The van der Waals surface area contributed by atoms with E-state index in [0.29, 0.717) is 0 Å². The molecule has 0 amide bonds. The molecule has 0 saturated carbocycles. The first-order valence-electron chi connectivity index (χ1n) is 4.44. The molecule has 5 N–H and O–H groups in total. The van der Waals surface area contributed by atoms with Gasteiger partial charge < -0.3 is 16.5 Å². The van der Waals surface area contributed by atoms with Gasteiger partial charge in [0.15, 0.2) is 5.96 Å². The maximum Gasteiger partial charge on any atom is 0.191 e. The molecule has 16 heavy (non-hydrogen) atoms. The Bertz CT molecular complexity index is 456. The van der Waals surface area contributed by atoms with Gasteiger partial charge in [-0.1, -0.05) is 12.1 Å². The molecule has 2 aromatic rings. The smallest absolute Gasteiger partial charge is 0.191 e. The molecular formula is C10H12ClN5. The van der Waals surface area contributed by atoms with Crippen LogP contribution >= 0.6 is 12.4 Å². The Labute approximate surface area is 99.0 Å². The number of nitrogens with two attached hydrogens (primary N) is 2. The van der Waals surface area contributed by atoms with Crippen LogP contribution in [0.2, 0.25) is 0 Å². The molecule has 0 bridgehead atoms. The summed E-state index contributed by atoms with van der Waals surface area (Å²) in [4.78, 5) is 10.9. The summed E-state index contributed by atoms with van der Waals surface area (Å²) in [6.07, 6.45) is 3.40. The van der Waals surface area contributed by atoms with E-state index >= 15 is 0 Å². The topological polar surface area (TPSA) is 93.1 Å². The Morgan fingerprint density at radius 2 is 1.88 bits per heavy atom. The van der Waals surface area contributed by atoms with E-state index in [0.717, 1.165) is 16.9 Å². The fraction of sp³-hybridized carbons (Fsp3) is 0. The number of aliphatic imine (C=N–C) groups is 1. The predicted molar refractivity (Wildman–Crippen MR) is 66.7 cm³/mol. The van der Waals surface area contributed by atoms with E-state index in [-0.39, 0.29) is 18.4 Å². The summed E-state index contributed by atoms with van der Waals surface area (Å²) in [6, 6.07) is 7.54. The Hall–Kier alpha value is -2.01. The van der Waals surface area contributed by atoms with E-state index in [1.807, 2.05) is 24.3 Å². The van der Waals surface area contributed by atoms with E-state index in [1.54, 1.807) is 12.5 Å². The third kappa shape index (κ3) is 2.74. The van der Waals surface area contributed by atoms with E-state index in [4.69, 9.17) is 11.5 Å². The summed E-state index contributed by atoms with van der Waals surface area (Å²) in [5.41, 5.74) is 13.3. The minimum Gasteiger partial charge on any atom is -0.370 e. The molecule has 1 aromatic heterocycles. The van der Waals surface area contributed by atoms with Crippen LogP contribution in [0.15, 0.2) is 41.8 Å². The Morgan fingerprint density at radius 1 is 1.19 bits per heavy atom. The molecule has 2 rings (SSSR count). The van der Waals surface area contributed by atoms with Crippen LogP contribution in [0.25, 0.3) is 11.3 Å². The number of nitrogens with zero attached hydrogens (tertiary/aromatic N) is 2. The van der Waals surface area contributed by atoms with E-state index in [1.165, 1.54) is 0 Å². The molecule has 0 fully saturated rings. The van der Waals surface area contributed by atoms with Crippen molar-refractivity contribution in [3.8, 4) is 11.3 Å². The van der Waals surface area contributed by atoms with Crippen molar-refractivity contribution in [3.63, 3.8) is 0 Å². The lowest BCUT2D eigenvalue weighted by atomic mass is 10.1. The van der Waals surface area contributed by atoms with Crippen LogP contribution in [0.5, 0.6) is 0 Å². The minimum absolute atomic E-state index is 0. The average molecular weight is 238 g/mol. The average Bonchev–Trinajstić information content (AvgIpc) is 2.71. The summed E-state index contributed by atoms with van der Waals surface area (Å²) in [5.74, 6) is 0.0595. The number of benzene rings is 1. The standard InChI is InChI=1S/C10H11N5.ClH/c11-10(12)15-8-3-1-7(2-4-8)9-5-13-6-14-9;/h1-6H,(H,13,14)(H4,11,12,15);1H. The number of H-pyrrole nitrogens is 1. The monoisotopic (exact) mass is 237 g/mol. The third-order valence-corrected chi connectivity index (χ3v) is 1.93. The van der Waals surface area contributed by atoms with Gasteiger partial charge in [0.2, 0.25) is 0 Å². The van der Waals surface area contributed by atoms with Gasteiger partial charge in [-0.25, -0.2) is 9.98 Å². The van der Waals surface area contributed by atoms with Gasteiger partial charge in [-0.05, 0) is 17.7 Å². The third-order valence-electron chi connectivity index (χ3n) is 1.93. The van der Waals surface area contributed by atoms with Crippen LogP contribution in [0, 0.1) is 0 Å². The highest BCUT2D eigenvalue weighted by Crippen LogP contribution is 2.19. The van der Waals surface area contributed by atoms with Gasteiger partial charge >= 0.3 is 0 Å². The zero-order valence-electron chi connectivity index (χ0n) is 8.42. The molecule has 5 nitrogen and oxygen atoms in total. The van der Waals surface area contributed by atoms with Gasteiger partial charge in [-0.2, -0.15) is 0 Å². The van der Waals surface area contributed by atoms with Crippen LogP contribution < -0.4 is 11.5 Å². The largest absolute Gasteiger partial charge is 0.370 e. The van der Waals surface area contributed by atoms with Crippen molar-refractivity contribution in [2.45, 2.75) is 0 Å². The first kappa shape index (κ1) is 12.1. The highest BCUT2D eigenvalue weighted by atomic mass is 35.5. The first-order chi connectivity index (χ1) is 7.25. The van der Waals surface area contributed by atoms with Crippen molar-refractivity contribution in [1.82, 2.24) is 9.97 Å². The Morgan fingerprint density at radius 3 is 2.38 bits per heavy atom. The summed E-state index contributed by atoms with van der Waals surface area (Å²) in [7, 11) is 0. The number of guanidine groups is 1. The predicted octanol–water partition coefficient (Wildman–Crippen LogP) is 1.40. The van der Waals surface area contributed by atoms with Crippen molar-refractivity contribution >= 4 is 24.1 Å². The summed E-state index contributed by atoms with van der Waals surface area (Å²) < 4.78 is 0. The summed E-state index contributed by atoms with van der Waals surface area (Å²) in [5, 5.41) is 0. The van der Waals surface area contributed by atoms with Crippen LogP contribution in [0.3, 0.4) is 0 Å². The van der Waals surface area contributed by atoms with Crippen LogP contribution in [0.4, 0.5) is 5.69 Å². The number of nitrogens with one attached hydrogen (secondary N) is 1. The lowest BCUT2D eigenvalue weighted by Crippen LogP contribution is -2.21. The van der Waals surface area contributed by atoms with Crippen molar-refractivity contribution in [1.29, 1.82) is 0 Å². The molecule has 0 atom stereocenters. The fourth-order valence-corrected chi connectivity index (χ4v) is 1.28. The van der Waals surface area contributed by atoms with Gasteiger partial charge in [-0.3, -0.25) is 0 Å². The fourth-order valence-electron chi connectivity index (χ4n) is 1.28. The molecule has 1 aromatic carbocycles. The number of hydrogen-bond acceptors (Lipinski definition) is 2. The molecule has 0 aliphatic heterocycles. The zero-order chi connectivity index (χ0) is 10.7. The van der Waals surface area contributed by atoms with E-state index < -0.39 is 0 Å². The van der Waals surface area contributed by atoms with Crippen molar-refractivity contribution < 1.29 is 0 Å². The molecule has 0 saturated heterocycles. The first-order valence-corrected chi connectivity index (χ1v) is 4.44. The number of aromatic nitrogens is 2. The molecular weight excluding hydrogens is 226 g/mol. The second-order valence-corrected chi connectivity index (χ2v) is 3.05. The minimum atomic E-state index is 0. The molecule has 0 spiro atoms. The van der Waals surface area contributed by atoms with Gasteiger partial charge in [0.25, 0.3) is 0 Å². The summed E-state index contributed by atoms with van der Waals surface area (Å²) >= 11 is 0. The maximum absolute atomic E-state index is 5.27. The van der Waals surface area contributed by atoms with Crippen LogP contribution in [0.1, 0.15) is 0 Å². The van der Waals surface area contributed by atoms with E-state index in [2.05, 4.69) is 15.0 Å². The lowest BCUT2D eigenvalue weighted by Gasteiger charge is -1.98.